The number of halogens is 1. The minimum Gasteiger partial charge on any atom is -0.358 e. The van der Waals surface area contributed by atoms with E-state index in [2.05, 4.69) is 5.10 Å². The number of aromatic nitrogens is 2. The standard InChI is InChI=1S/C5H6FN3O4S/c1-3-4(9(10)11)7-8(2)5(3)14(6,12)13/h1-2H3. The normalized spacial score (nSPS) is 11.6. The highest BCUT2D eigenvalue weighted by molar-refractivity contribution is 7.86. The molecule has 0 atom stereocenters. The molecule has 14 heavy (non-hydrogen) atoms. The van der Waals surface area contributed by atoms with Gasteiger partial charge in [0.25, 0.3) is 0 Å². The number of hydrogen-bond acceptors (Lipinski definition) is 5. The van der Waals surface area contributed by atoms with Crippen LogP contribution in [-0.2, 0) is 17.3 Å². The quantitative estimate of drug-likeness (QED) is 0.408. The fraction of sp³-hybridized carbons (Fsp3) is 0.400. The van der Waals surface area contributed by atoms with E-state index in [1.165, 1.54) is 0 Å². The van der Waals surface area contributed by atoms with Gasteiger partial charge >= 0.3 is 16.0 Å². The lowest BCUT2D eigenvalue weighted by molar-refractivity contribution is -0.390. The van der Waals surface area contributed by atoms with Crippen LogP contribution in [0, 0.1) is 17.0 Å². The Morgan fingerprint density at radius 2 is 2.07 bits per heavy atom. The van der Waals surface area contributed by atoms with E-state index in [0.717, 1.165) is 14.0 Å². The molecule has 78 valence electrons. The Labute approximate surface area is 78.5 Å². The second-order valence-corrected chi connectivity index (χ2v) is 3.83. The molecule has 0 aromatic carbocycles. The average Bonchev–Trinajstić information content (AvgIpc) is 2.24. The Kier molecular flexibility index (Phi) is 2.27. The largest absolute Gasteiger partial charge is 0.394 e. The third-order valence-electron chi connectivity index (χ3n) is 1.60. The summed E-state index contributed by atoms with van der Waals surface area (Å²) in [4.78, 5) is 9.46. The van der Waals surface area contributed by atoms with Crippen molar-refractivity contribution in [1.29, 1.82) is 0 Å². The molecule has 0 fully saturated rings. The van der Waals surface area contributed by atoms with Gasteiger partial charge in [0, 0.05) is 0 Å². The predicted octanol–water partition coefficient (Wildman–Crippen LogP) is 0.295. The van der Waals surface area contributed by atoms with Gasteiger partial charge in [-0.05, 0) is 11.8 Å². The van der Waals surface area contributed by atoms with Crippen molar-refractivity contribution < 1.29 is 17.2 Å². The van der Waals surface area contributed by atoms with Crippen LogP contribution in [0.1, 0.15) is 5.56 Å². The molecule has 0 saturated heterocycles. The number of hydrogen-bond donors (Lipinski definition) is 0. The van der Waals surface area contributed by atoms with E-state index in [0.29, 0.717) is 4.68 Å². The molecule has 0 amide bonds. The molecule has 0 aliphatic carbocycles. The maximum absolute atomic E-state index is 12.6. The number of nitro groups is 1. The first kappa shape index (κ1) is 10.6. The van der Waals surface area contributed by atoms with Gasteiger partial charge in [0.15, 0.2) is 0 Å². The summed E-state index contributed by atoms with van der Waals surface area (Å²) >= 11 is 0. The van der Waals surface area contributed by atoms with Gasteiger partial charge in [-0.15, -0.1) is 0 Å². The summed E-state index contributed by atoms with van der Waals surface area (Å²) in [6, 6.07) is 0. The zero-order chi connectivity index (χ0) is 11.1. The van der Waals surface area contributed by atoms with Gasteiger partial charge in [-0.3, -0.25) is 0 Å². The number of aryl methyl sites for hydroxylation is 1. The van der Waals surface area contributed by atoms with Gasteiger partial charge < -0.3 is 10.1 Å². The highest BCUT2D eigenvalue weighted by Gasteiger charge is 2.31. The second kappa shape index (κ2) is 3.01. The number of rotatable bonds is 2. The molecule has 1 rings (SSSR count). The van der Waals surface area contributed by atoms with Crippen molar-refractivity contribution >= 4 is 16.0 Å². The Morgan fingerprint density at radius 3 is 2.29 bits per heavy atom. The van der Waals surface area contributed by atoms with Crippen LogP contribution in [0.4, 0.5) is 9.70 Å². The minimum atomic E-state index is -4.98. The van der Waals surface area contributed by atoms with E-state index >= 15 is 0 Å². The molecular weight excluding hydrogens is 217 g/mol. The van der Waals surface area contributed by atoms with Gasteiger partial charge in [-0.1, -0.05) is 3.89 Å². The molecule has 0 radical (unpaired) electrons. The Bertz CT molecular complexity index is 491. The smallest absolute Gasteiger partial charge is 0.358 e. The first-order valence-corrected chi connectivity index (χ1v) is 4.76. The molecule has 0 N–H and O–H groups in total. The van der Waals surface area contributed by atoms with Crippen molar-refractivity contribution in [3.63, 3.8) is 0 Å². The molecule has 0 aliphatic heterocycles. The van der Waals surface area contributed by atoms with Crippen molar-refractivity contribution in [3.8, 4) is 0 Å². The Balaban J connectivity index is 3.56. The Morgan fingerprint density at radius 1 is 1.57 bits per heavy atom. The van der Waals surface area contributed by atoms with Crippen LogP contribution in [0.2, 0.25) is 0 Å². The number of nitrogens with zero attached hydrogens (tertiary/aromatic N) is 3. The molecule has 0 spiro atoms. The summed E-state index contributed by atoms with van der Waals surface area (Å²) in [7, 11) is -3.86. The molecule has 0 unspecified atom stereocenters. The van der Waals surface area contributed by atoms with E-state index in [-0.39, 0.29) is 5.56 Å². The van der Waals surface area contributed by atoms with Crippen LogP contribution in [0.5, 0.6) is 0 Å². The van der Waals surface area contributed by atoms with E-state index in [1.807, 2.05) is 0 Å². The van der Waals surface area contributed by atoms with Gasteiger partial charge in [0.05, 0.1) is 17.7 Å². The van der Waals surface area contributed by atoms with Crippen LogP contribution in [-0.4, -0.2) is 23.1 Å². The highest BCUT2D eigenvalue weighted by atomic mass is 32.3. The average molecular weight is 223 g/mol. The van der Waals surface area contributed by atoms with Crippen LogP contribution >= 0.6 is 0 Å². The molecule has 7 nitrogen and oxygen atoms in total. The molecule has 1 heterocycles. The summed E-state index contributed by atoms with van der Waals surface area (Å²) in [6.45, 7) is 1.12. The molecule has 9 heteroatoms. The van der Waals surface area contributed by atoms with E-state index in [9.17, 15) is 22.4 Å². The van der Waals surface area contributed by atoms with Crippen molar-refractivity contribution in [3.05, 3.63) is 15.7 Å². The van der Waals surface area contributed by atoms with Crippen molar-refractivity contribution in [2.75, 3.05) is 0 Å². The first-order valence-electron chi connectivity index (χ1n) is 3.37. The molecule has 0 saturated carbocycles. The highest BCUT2D eigenvalue weighted by Crippen LogP contribution is 2.24. The molecular formula is C5H6FN3O4S. The molecule has 0 aliphatic rings. The third kappa shape index (κ3) is 1.58. The van der Waals surface area contributed by atoms with Gasteiger partial charge in [0.1, 0.15) is 0 Å². The lowest BCUT2D eigenvalue weighted by Crippen LogP contribution is -2.03. The minimum absolute atomic E-state index is 0.306. The van der Waals surface area contributed by atoms with E-state index in [4.69, 9.17) is 0 Å². The summed E-state index contributed by atoms with van der Waals surface area (Å²) in [5, 5.41) is 12.8. The zero-order valence-corrected chi connectivity index (χ0v) is 8.08. The first-order chi connectivity index (χ1) is 6.25. The van der Waals surface area contributed by atoms with Crippen molar-refractivity contribution in [2.45, 2.75) is 11.9 Å². The van der Waals surface area contributed by atoms with Crippen LogP contribution < -0.4 is 0 Å². The maximum atomic E-state index is 12.6. The summed E-state index contributed by atoms with van der Waals surface area (Å²) in [6.07, 6.45) is 0. The summed E-state index contributed by atoms with van der Waals surface area (Å²) in [5.74, 6) is -0.663. The molecule has 1 aromatic heterocycles. The van der Waals surface area contributed by atoms with Gasteiger partial charge in [0.2, 0.25) is 5.03 Å². The molecule has 0 bridgehead atoms. The van der Waals surface area contributed by atoms with Crippen LogP contribution in [0.3, 0.4) is 0 Å². The summed E-state index contributed by atoms with van der Waals surface area (Å²) in [5.41, 5.74) is -0.306. The second-order valence-electron chi connectivity index (χ2n) is 2.57. The van der Waals surface area contributed by atoms with Crippen molar-refractivity contribution in [2.24, 2.45) is 7.05 Å². The molecule has 1 aromatic rings. The van der Waals surface area contributed by atoms with Gasteiger partial charge in [-0.25, -0.2) is 0 Å². The Hall–Kier alpha value is -1.51. The fourth-order valence-corrected chi connectivity index (χ4v) is 1.93. The van der Waals surface area contributed by atoms with E-state index in [1.54, 1.807) is 0 Å². The van der Waals surface area contributed by atoms with Crippen molar-refractivity contribution in [1.82, 2.24) is 9.78 Å². The predicted molar refractivity (Wildman–Crippen MR) is 42.9 cm³/mol. The fourth-order valence-electron chi connectivity index (χ4n) is 1.11. The third-order valence-corrected chi connectivity index (χ3v) is 2.63. The lowest BCUT2D eigenvalue weighted by atomic mass is 10.4. The zero-order valence-electron chi connectivity index (χ0n) is 7.26. The SMILES string of the molecule is Cc1c([N+](=O)[O-])nn(C)c1S(=O)(=O)F. The topological polar surface area (TPSA) is 95.1 Å². The van der Waals surface area contributed by atoms with Gasteiger partial charge in [-0.2, -0.15) is 13.1 Å². The van der Waals surface area contributed by atoms with Crippen LogP contribution in [0.25, 0.3) is 0 Å². The monoisotopic (exact) mass is 223 g/mol. The van der Waals surface area contributed by atoms with Crippen LogP contribution in [0.15, 0.2) is 5.03 Å². The summed E-state index contributed by atoms with van der Waals surface area (Å²) < 4.78 is 34.4. The lowest BCUT2D eigenvalue weighted by Gasteiger charge is -1.91. The maximum Gasteiger partial charge on any atom is 0.394 e. The van der Waals surface area contributed by atoms with E-state index < -0.39 is 26.0 Å².